The molecule has 0 unspecified atom stereocenters. The Bertz CT molecular complexity index is 665. The van der Waals surface area contributed by atoms with Crippen LogP contribution in [0.1, 0.15) is 0 Å². The number of carbonyl (C=O) groups excluding carboxylic acids is 1. The molecule has 0 radical (unpaired) electrons. The van der Waals surface area contributed by atoms with Crippen LogP contribution in [0.3, 0.4) is 0 Å². The third-order valence-electron chi connectivity index (χ3n) is 2.81. The number of hydrogen-bond donors (Lipinski definition) is 1. The number of aromatic nitrogens is 2. The second kappa shape index (κ2) is 6.04. The van der Waals surface area contributed by atoms with Crippen LogP contribution in [0.4, 0.5) is 17.1 Å². The second-order valence-electron chi connectivity index (χ2n) is 4.61. The molecule has 0 saturated heterocycles. The SMILES string of the molecule is CN(C)C(=O)Cn1cc(Nc2ccccc2[N+](=O)[O-])cn1. The van der Waals surface area contributed by atoms with Crippen molar-refractivity contribution in [3.8, 4) is 0 Å². The van der Waals surface area contributed by atoms with Crippen LogP contribution >= 0.6 is 0 Å². The number of likely N-dealkylation sites (N-methyl/N-ethyl adjacent to an activating group) is 1. The van der Waals surface area contributed by atoms with Crippen molar-refractivity contribution < 1.29 is 9.72 Å². The molecule has 0 aliphatic carbocycles. The van der Waals surface area contributed by atoms with Crippen LogP contribution < -0.4 is 5.32 Å². The van der Waals surface area contributed by atoms with Gasteiger partial charge in [-0.2, -0.15) is 5.10 Å². The molecule has 1 heterocycles. The number of nitro groups is 1. The number of hydrogen-bond acceptors (Lipinski definition) is 5. The predicted molar refractivity (Wildman–Crippen MR) is 77.3 cm³/mol. The van der Waals surface area contributed by atoms with Crippen LogP contribution in [0.5, 0.6) is 0 Å². The highest BCUT2D eigenvalue weighted by atomic mass is 16.6. The van der Waals surface area contributed by atoms with Crippen molar-refractivity contribution >= 4 is 23.0 Å². The summed E-state index contributed by atoms with van der Waals surface area (Å²) >= 11 is 0. The number of anilines is 2. The topological polar surface area (TPSA) is 93.3 Å². The van der Waals surface area contributed by atoms with Gasteiger partial charge in [-0.3, -0.25) is 19.6 Å². The van der Waals surface area contributed by atoms with Crippen molar-refractivity contribution in [3.63, 3.8) is 0 Å². The average Bonchev–Trinajstić information content (AvgIpc) is 2.86. The van der Waals surface area contributed by atoms with Crippen LogP contribution in [0, 0.1) is 10.1 Å². The summed E-state index contributed by atoms with van der Waals surface area (Å²) in [7, 11) is 3.33. The molecule has 1 aromatic carbocycles. The number of nitrogens with one attached hydrogen (secondary N) is 1. The number of benzene rings is 1. The van der Waals surface area contributed by atoms with E-state index in [1.165, 1.54) is 21.8 Å². The Morgan fingerprint density at radius 3 is 2.81 bits per heavy atom. The van der Waals surface area contributed by atoms with E-state index in [2.05, 4.69) is 10.4 Å². The third-order valence-corrected chi connectivity index (χ3v) is 2.81. The molecule has 0 fully saturated rings. The van der Waals surface area contributed by atoms with E-state index in [1.54, 1.807) is 38.5 Å². The van der Waals surface area contributed by atoms with Gasteiger partial charge >= 0.3 is 0 Å². The molecule has 0 saturated carbocycles. The van der Waals surface area contributed by atoms with E-state index in [0.717, 1.165) is 0 Å². The summed E-state index contributed by atoms with van der Waals surface area (Å²) in [5.74, 6) is -0.0876. The Balaban J connectivity index is 2.13. The maximum Gasteiger partial charge on any atom is 0.292 e. The zero-order valence-electron chi connectivity index (χ0n) is 11.7. The number of para-hydroxylation sites is 2. The molecule has 21 heavy (non-hydrogen) atoms. The van der Waals surface area contributed by atoms with Crippen LogP contribution in [0.15, 0.2) is 36.7 Å². The van der Waals surface area contributed by atoms with Crippen molar-refractivity contribution in [2.75, 3.05) is 19.4 Å². The molecule has 2 rings (SSSR count). The van der Waals surface area contributed by atoms with Crippen molar-refractivity contribution in [2.45, 2.75) is 6.54 Å². The first-order chi connectivity index (χ1) is 9.97. The van der Waals surface area contributed by atoms with Crippen LogP contribution in [-0.2, 0) is 11.3 Å². The molecule has 1 aromatic heterocycles. The molecule has 8 nitrogen and oxygen atoms in total. The molecule has 8 heteroatoms. The van der Waals surface area contributed by atoms with Gasteiger partial charge in [0.1, 0.15) is 12.2 Å². The fraction of sp³-hybridized carbons (Fsp3) is 0.231. The summed E-state index contributed by atoms with van der Waals surface area (Å²) in [6.07, 6.45) is 3.14. The minimum absolute atomic E-state index is 0.0189. The van der Waals surface area contributed by atoms with Gasteiger partial charge in [0, 0.05) is 26.4 Å². The van der Waals surface area contributed by atoms with Crippen molar-refractivity contribution in [1.29, 1.82) is 0 Å². The summed E-state index contributed by atoms with van der Waals surface area (Å²) in [6.45, 7) is 0.117. The van der Waals surface area contributed by atoms with Crippen molar-refractivity contribution in [3.05, 3.63) is 46.8 Å². The minimum atomic E-state index is -0.456. The first-order valence-electron chi connectivity index (χ1n) is 6.20. The Kier molecular flexibility index (Phi) is 4.17. The van der Waals surface area contributed by atoms with E-state index in [-0.39, 0.29) is 18.1 Å². The lowest BCUT2D eigenvalue weighted by Gasteiger charge is -2.09. The van der Waals surface area contributed by atoms with E-state index >= 15 is 0 Å². The second-order valence-corrected chi connectivity index (χ2v) is 4.61. The van der Waals surface area contributed by atoms with Crippen molar-refractivity contribution in [1.82, 2.24) is 14.7 Å². The number of nitrogens with zero attached hydrogens (tertiary/aromatic N) is 4. The maximum atomic E-state index is 11.6. The molecule has 2 aromatic rings. The molecule has 110 valence electrons. The van der Waals surface area contributed by atoms with Gasteiger partial charge in [-0.05, 0) is 6.07 Å². The highest BCUT2D eigenvalue weighted by Gasteiger charge is 2.13. The molecule has 0 bridgehead atoms. The molecule has 1 amide bonds. The Morgan fingerprint density at radius 2 is 2.14 bits per heavy atom. The standard InChI is InChI=1S/C13H15N5O3/c1-16(2)13(19)9-17-8-10(7-14-17)15-11-5-3-4-6-12(11)18(20)21/h3-8,15H,9H2,1-2H3. The highest BCUT2D eigenvalue weighted by Crippen LogP contribution is 2.26. The smallest absolute Gasteiger partial charge is 0.292 e. The molecular weight excluding hydrogens is 274 g/mol. The lowest BCUT2D eigenvalue weighted by Crippen LogP contribution is -2.26. The highest BCUT2D eigenvalue weighted by molar-refractivity contribution is 5.75. The molecule has 0 aliphatic heterocycles. The van der Waals surface area contributed by atoms with Gasteiger partial charge in [-0.1, -0.05) is 12.1 Å². The van der Waals surface area contributed by atoms with Crippen LogP contribution in [0.2, 0.25) is 0 Å². The monoisotopic (exact) mass is 289 g/mol. The van der Waals surface area contributed by atoms with Crippen molar-refractivity contribution in [2.24, 2.45) is 0 Å². The summed E-state index contributed by atoms with van der Waals surface area (Å²) in [6, 6.07) is 6.33. The summed E-state index contributed by atoms with van der Waals surface area (Å²) in [5, 5.41) is 17.9. The largest absolute Gasteiger partial charge is 0.347 e. The van der Waals surface area contributed by atoms with E-state index in [9.17, 15) is 14.9 Å². The average molecular weight is 289 g/mol. The molecule has 0 spiro atoms. The Morgan fingerprint density at radius 1 is 1.43 bits per heavy atom. The minimum Gasteiger partial charge on any atom is -0.347 e. The third kappa shape index (κ3) is 3.56. The summed E-state index contributed by atoms with van der Waals surface area (Å²) in [4.78, 5) is 23.5. The number of rotatable bonds is 5. The first kappa shape index (κ1) is 14.5. The normalized spacial score (nSPS) is 10.2. The van der Waals surface area contributed by atoms with Gasteiger partial charge in [0.05, 0.1) is 16.8 Å². The lowest BCUT2D eigenvalue weighted by atomic mass is 10.2. The van der Waals surface area contributed by atoms with Gasteiger partial charge < -0.3 is 10.2 Å². The summed E-state index contributed by atoms with van der Waals surface area (Å²) in [5.41, 5.74) is 0.937. The zero-order valence-corrected chi connectivity index (χ0v) is 11.7. The van der Waals surface area contributed by atoms with E-state index in [0.29, 0.717) is 11.4 Å². The quantitative estimate of drug-likeness (QED) is 0.667. The molecule has 0 aliphatic rings. The molecule has 1 N–H and O–H groups in total. The fourth-order valence-electron chi connectivity index (χ4n) is 1.69. The van der Waals surface area contributed by atoms with Gasteiger partial charge in [0.15, 0.2) is 0 Å². The maximum absolute atomic E-state index is 11.6. The zero-order chi connectivity index (χ0) is 15.4. The lowest BCUT2D eigenvalue weighted by molar-refractivity contribution is -0.383. The van der Waals surface area contributed by atoms with Gasteiger partial charge in [0.25, 0.3) is 5.69 Å². The van der Waals surface area contributed by atoms with Gasteiger partial charge in [-0.25, -0.2) is 0 Å². The number of carbonyl (C=O) groups is 1. The van der Waals surface area contributed by atoms with Gasteiger partial charge in [0.2, 0.25) is 5.91 Å². The van der Waals surface area contributed by atoms with E-state index < -0.39 is 4.92 Å². The first-order valence-corrected chi connectivity index (χ1v) is 6.20. The molecular formula is C13H15N5O3. The van der Waals surface area contributed by atoms with Crippen LogP contribution in [-0.4, -0.2) is 39.6 Å². The van der Waals surface area contributed by atoms with Crippen LogP contribution in [0.25, 0.3) is 0 Å². The van der Waals surface area contributed by atoms with Gasteiger partial charge in [-0.15, -0.1) is 0 Å². The predicted octanol–water partition coefficient (Wildman–Crippen LogP) is 1.62. The Hall–Kier alpha value is -2.90. The summed E-state index contributed by atoms with van der Waals surface area (Å²) < 4.78 is 1.47. The van der Waals surface area contributed by atoms with E-state index in [4.69, 9.17) is 0 Å². The number of amides is 1. The Labute approximate surface area is 121 Å². The fourth-order valence-corrected chi connectivity index (χ4v) is 1.69. The van der Waals surface area contributed by atoms with E-state index in [1.807, 2.05) is 0 Å². The number of nitro benzene ring substituents is 1. The molecule has 0 atom stereocenters.